The summed E-state index contributed by atoms with van der Waals surface area (Å²) in [4.78, 5) is 37.6. The van der Waals surface area contributed by atoms with Crippen molar-refractivity contribution in [2.75, 3.05) is 13.2 Å². The Morgan fingerprint density at radius 1 is 1.17 bits per heavy atom. The Bertz CT molecular complexity index is 861. The van der Waals surface area contributed by atoms with Gasteiger partial charge in [-0.2, -0.15) is 0 Å². The van der Waals surface area contributed by atoms with Crippen LogP contribution in [-0.4, -0.2) is 37.2 Å². The molecule has 30 heavy (non-hydrogen) atoms. The molecule has 162 valence electrons. The van der Waals surface area contributed by atoms with E-state index in [0.29, 0.717) is 24.8 Å². The monoisotopic (exact) mass is 418 g/mol. The van der Waals surface area contributed by atoms with E-state index in [1.807, 2.05) is 6.92 Å². The van der Waals surface area contributed by atoms with Crippen LogP contribution in [-0.2, 0) is 24.5 Å². The third-order valence-corrected chi connectivity index (χ3v) is 5.73. The van der Waals surface area contributed by atoms with E-state index in [9.17, 15) is 18.8 Å². The summed E-state index contributed by atoms with van der Waals surface area (Å²) in [6.45, 7) is 3.39. The van der Waals surface area contributed by atoms with Crippen LogP contribution in [0.2, 0.25) is 0 Å². The molecule has 1 aromatic rings. The van der Waals surface area contributed by atoms with Gasteiger partial charge in [-0.1, -0.05) is 38.0 Å². The zero-order chi connectivity index (χ0) is 21.7. The van der Waals surface area contributed by atoms with Gasteiger partial charge in [0.15, 0.2) is 0 Å². The molecule has 2 N–H and O–H groups in total. The van der Waals surface area contributed by atoms with Gasteiger partial charge in [0.2, 0.25) is 0 Å². The predicted molar refractivity (Wildman–Crippen MR) is 107 cm³/mol. The number of nitrogens with one attached hydrogen (secondary N) is 2. The number of hydrogen-bond acceptors (Lipinski definition) is 5. The van der Waals surface area contributed by atoms with E-state index in [1.54, 1.807) is 25.1 Å². The molecule has 0 spiro atoms. The summed E-state index contributed by atoms with van der Waals surface area (Å²) in [6.07, 6.45) is 3.03. The van der Waals surface area contributed by atoms with Gasteiger partial charge in [-0.3, -0.25) is 4.79 Å². The second-order valence-corrected chi connectivity index (χ2v) is 7.52. The zero-order valence-electron chi connectivity index (χ0n) is 17.3. The molecule has 7 nitrogen and oxygen atoms in total. The summed E-state index contributed by atoms with van der Waals surface area (Å²) in [5, 5.41) is 5.23. The van der Waals surface area contributed by atoms with Gasteiger partial charge >= 0.3 is 18.0 Å². The van der Waals surface area contributed by atoms with Crippen LogP contribution in [0.15, 0.2) is 35.5 Å². The van der Waals surface area contributed by atoms with Crippen LogP contribution in [0.3, 0.4) is 0 Å². The van der Waals surface area contributed by atoms with E-state index >= 15 is 0 Å². The minimum Gasteiger partial charge on any atom is -0.463 e. The van der Waals surface area contributed by atoms with Crippen LogP contribution in [0.5, 0.6) is 0 Å². The Balaban J connectivity index is 1.87. The fraction of sp³-hybridized carbons (Fsp3) is 0.500. The second kappa shape index (κ2) is 9.28. The highest BCUT2D eigenvalue weighted by Crippen LogP contribution is 2.43. The van der Waals surface area contributed by atoms with Gasteiger partial charge < -0.3 is 20.1 Å². The molecule has 3 rings (SSSR count). The molecular formula is C22H27FN2O5. The van der Waals surface area contributed by atoms with Crippen molar-refractivity contribution in [3.63, 3.8) is 0 Å². The van der Waals surface area contributed by atoms with Crippen molar-refractivity contribution in [1.29, 1.82) is 0 Å². The lowest BCUT2D eigenvalue weighted by molar-refractivity contribution is -0.150. The van der Waals surface area contributed by atoms with Crippen molar-refractivity contribution >= 4 is 18.0 Å². The molecule has 1 atom stereocenters. The summed E-state index contributed by atoms with van der Waals surface area (Å²) in [5.41, 5.74) is -0.304. The molecule has 1 aromatic carbocycles. The third kappa shape index (κ3) is 4.17. The molecule has 0 radical (unpaired) electrons. The summed E-state index contributed by atoms with van der Waals surface area (Å²) in [6, 6.07) is 5.21. The third-order valence-electron chi connectivity index (χ3n) is 5.73. The molecule has 8 heteroatoms. The lowest BCUT2D eigenvalue weighted by Gasteiger charge is -2.30. The number of rotatable bonds is 7. The van der Waals surface area contributed by atoms with Crippen molar-refractivity contribution in [2.45, 2.75) is 57.4 Å². The minimum absolute atomic E-state index is 0.177. The van der Waals surface area contributed by atoms with Crippen LogP contribution in [0.25, 0.3) is 0 Å². The highest BCUT2D eigenvalue weighted by Gasteiger charge is 2.46. The van der Waals surface area contributed by atoms with Gasteiger partial charge in [0.05, 0.1) is 29.3 Å². The van der Waals surface area contributed by atoms with Crippen LogP contribution < -0.4 is 10.6 Å². The Hall–Kier alpha value is -2.90. The molecule has 2 amide bonds. The van der Waals surface area contributed by atoms with Crippen molar-refractivity contribution in [3.05, 3.63) is 46.9 Å². The molecule has 0 aromatic heterocycles. The number of urea groups is 1. The maximum Gasteiger partial charge on any atom is 0.338 e. The van der Waals surface area contributed by atoms with Gasteiger partial charge in [0.1, 0.15) is 12.4 Å². The average Bonchev–Trinajstić information content (AvgIpc) is 3.22. The van der Waals surface area contributed by atoms with E-state index < -0.39 is 35.2 Å². The summed E-state index contributed by atoms with van der Waals surface area (Å²) in [7, 11) is 0. The molecule has 0 unspecified atom stereocenters. The van der Waals surface area contributed by atoms with E-state index in [1.165, 1.54) is 6.07 Å². The fourth-order valence-electron chi connectivity index (χ4n) is 4.26. The first-order chi connectivity index (χ1) is 14.4. The van der Waals surface area contributed by atoms with Gasteiger partial charge in [-0.25, -0.2) is 14.0 Å². The van der Waals surface area contributed by atoms with Gasteiger partial charge in [-0.15, -0.1) is 0 Å². The van der Waals surface area contributed by atoms with Crippen molar-refractivity contribution in [1.82, 2.24) is 10.6 Å². The highest BCUT2D eigenvalue weighted by molar-refractivity contribution is 5.95. The van der Waals surface area contributed by atoms with Crippen molar-refractivity contribution in [2.24, 2.45) is 0 Å². The zero-order valence-corrected chi connectivity index (χ0v) is 17.3. The smallest absolute Gasteiger partial charge is 0.338 e. The molecule has 1 heterocycles. The van der Waals surface area contributed by atoms with Crippen LogP contribution in [0.4, 0.5) is 9.18 Å². The molecule has 1 aliphatic carbocycles. The number of carbonyl (C=O) groups is 3. The van der Waals surface area contributed by atoms with Crippen LogP contribution >= 0.6 is 0 Å². The lowest BCUT2D eigenvalue weighted by atomic mass is 9.78. The molecule has 1 aliphatic heterocycles. The van der Waals surface area contributed by atoms with E-state index in [4.69, 9.17) is 9.47 Å². The Morgan fingerprint density at radius 2 is 1.87 bits per heavy atom. The van der Waals surface area contributed by atoms with Gasteiger partial charge in [0.25, 0.3) is 0 Å². The number of esters is 2. The number of benzene rings is 1. The van der Waals surface area contributed by atoms with E-state index in [0.717, 1.165) is 12.8 Å². The number of carbonyl (C=O) groups excluding carboxylic acids is 3. The quantitative estimate of drug-likeness (QED) is 0.664. The average molecular weight is 418 g/mol. The SMILES string of the molecule is CCOC(=O)C1=C(COC(=O)C2(c3ccccc3F)CCCC2)NC(=O)N[C@@H]1CC. The highest BCUT2D eigenvalue weighted by atomic mass is 19.1. The lowest BCUT2D eigenvalue weighted by Crippen LogP contribution is -2.51. The first-order valence-corrected chi connectivity index (χ1v) is 10.3. The van der Waals surface area contributed by atoms with E-state index in [-0.39, 0.29) is 24.5 Å². The first-order valence-electron chi connectivity index (χ1n) is 10.3. The Labute approximate surface area is 175 Å². The molecule has 2 aliphatic rings. The minimum atomic E-state index is -1.06. The standard InChI is InChI=1S/C22H27FN2O5/c1-3-16-18(19(26)29-4-2)17(25-21(28)24-16)13-30-20(27)22(11-7-8-12-22)14-9-5-6-10-15(14)23/h5-6,9-10,16H,3-4,7-8,11-13H2,1-2H3,(H2,24,25,28)/t16-/m1/s1. The second-order valence-electron chi connectivity index (χ2n) is 7.52. The largest absolute Gasteiger partial charge is 0.463 e. The van der Waals surface area contributed by atoms with Crippen LogP contribution in [0, 0.1) is 5.82 Å². The maximum atomic E-state index is 14.5. The number of hydrogen-bond donors (Lipinski definition) is 2. The molecule has 0 saturated heterocycles. The van der Waals surface area contributed by atoms with E-state index in [2.05, 4.69) is 10.6 Å². The molecular weight excluding hydrogens is 391 g/mol. The van der Waals surface area contributed by atoms with Gasteiger partial charge in [0, 0.05) is 5.56 Å². The Morgan fingerprint density at radius 3 is 2.50 bits per heavy atom. The Kier molecular flexibility index (Phi) is 6.74. The maximum absolute atomic E-state index is 14.5. The number of halogens is 1. The summed E-state index contributed by atoms with van der Waals surface area (Å²) >= 11 is 0. The van der Waals surface area contributed by atoms with Crippen LogP contribution in [0.1, 0.15) is 51.5 Å². The first kappa shape index (κ1) is 21.8. The molecule has 1 fully saturated rings. The fourth-order valence-corrected chi connectivity index (χ4v) is 4.26. The topological polar surface area (TPSA) is 93.7 Å². The summed E-state index contributed by atoms with van der Waals surface area (Å²) < 4.78 is 25.2. The number of ether oxygens (including phenoxy) is 2. The van der Waals surface area contributed by atoms with Crippen molar-refractivity contribution < 1.29 is 28.2 Å². The predicted octanol–water partition coefficient (Wildman–Crippen LogP) is 3.09. The van der Waals surface area contributed by atoms with Crippen molar-refractivity contribution in [3.8, 4) is 0 Å². The summed E-state index contributed by atoms with van der Waals surface area (Å²) in [5.74, 6) is -1.57. The normalized spacial score (nSPS) is 20.4. The molecule has 0 bridgehead atoms. The molecule has 1 saturated carbocycles. The van der Waals surface area contributed by atoms with Gasteiger partial charge in [-0.05, 0) is 32.3 Å². The number of amides is 2.